The molecule has 1 fully saturated rings. The molecule has 1 aliphatic rings. The number of rotatable bonds is 6. The Bertz CT molecular complexity index is 677. The first-order valence-corrected chi connectivity index (χ1v) is 9.33. The molecule has 0 aromatic carbocycles. The molecule has 0 aliphatic carbocycles. The van der Waals surface area contributed by atoms with E-state index in [0.717, 1.165) is 11.8 Å². The van der Waals surface area contributed by atoms with Gasteiger partial charge in [-0.25, -0.2) is 13.1 Å². The van der Waals surface area contributed by atoms with Crippen molar-refractivity contribution >= 4 is 15.9 Å². The topological polar surface area (TPSA) is 88.6 Å². The average Bonchev–Trinajstić information content (AvgIpc) is 2.86. The van der Waals surface area contributed by atoms with Crippen molar-refractivity contribution in [1.29, 1.82) is 0 Å². The number of carbonyl (C=O) groups excluding carboxylic acids is 1. The van der Waals surface area contributed by atoms with Crippen LogP contribution in [0.25, 0.3) is 0 Å². The third-order valence-corrected chi connectivity index (χ3v) is 4.75. The maximum atomic E-state index is 12.6. The summed E-state index contributed by atoms with van der Waals surface area (Å²) in [4.78, 5) is 18.3. The van der Waals surface area contributed by atoms with Gasteiger partial charge in [-0.3, -0.25) is 9.78 Å². The minimum absolute atomic E-state index is 0.129. The van der Waals surface area contributed by atoms with Gasteiger partial charge in [0.1, 0.15) is 0 Å². The summed E-state index contributed by atoms with van der Waals surface area (Å²) in [5.74, 6) is -0.129. The molecule has 2 rings (SSSR count). The number of hydrogen-bond acceptors (Lipinski definition) is 5. The Morgan fingerprint density at radius 3 is 2.83 bits per heavy atom. The van der Waals surface area contributed by atoms with Gasteiger partial charge >= 0.3 is 0 Å². The van der Waals surface area contributed by atoms with Gasteiger partial charge in [0.05, 0.1) is 17.4 Å². The first-order chi connectivity index (χ1) is 10.7. The molecule has 0 spiro atoms. The second kappa shape index (κ2) is 6.94. The van der Waals surface area contributed by atoms with Gasteiger partial charge in [0.25, 0.3) is 5.91 Å². The van der Waals surface area contributed by atoms with Crippen molar-refractivity contribution < 1.29 is 17.9 Å². The van der Waals surface area contributed by atoms with Gasteiger partial charge < -0.3 is 9.64 Å². The molecule has 1 amide bonds. The van der Waals surface area contributed by atoms with E-state index in [1.54, 1.807) is 24.3 Å². The number of aryl methyl sites for hydroxylation is 1. The van der Waals surface area contributed by atoms with Crippen LogP contribution >= 0.6 is 0 Å². The summed E-state index contributed by atoms with van der Waals surface area (Å²) in [6.07, 6.45) is 5.45. The fraction of sp³-hybridized carbons (Fsp3) is 0.600. The highest BCUT2D eigenvalue weighted by Gasteiger charge is 2.41. The standard InChI is InChI=1S/C15H23N3O4S/c1-12-8-13(10-16-9-12)14(19)18-6-4-15(11-18,5-7-22-2)17-23(3,20)21/h8-10,17H,4-7,11H2,1-3H3. The summed E-state index contributed by atoms with van der Waals surface area (Å²) in [5.41, 5.74) is 0.762. The highest BCUT2D eigenvalue weighted by molar-refractivity contribution is 7.88. The van der Waals surface area contributed by atoms with Gasteiger partial charge in [-0.2, -0.15) is 0 Å². The number of carbonyl (C=O) groups is 1. The zero-order chi connectivity index (χ0) is 17.1. The Morgan fingerprint density at radius 1 is 1.48 bits per heavy atom. The lowest BCUT2D eigenvalue weighted by molar-refractivity contribution is 0.0774. The van der Waals surface area contributed by atoms with E-state index >= 15 is 0 Å². The van der Waals surface area contributed by atoms with Gasteiger partial charge in [0.15, 0.2) is 0 Å². The molecular formula is C15H23N3O4S. The lowest BCUT2D eigenvalue weighted by Crippen LogP contribution is -2.51. The quantitative estimate of drug-likeness (QED) is 0.817. The minimum atomic E-state index is -3.37. The van der Waals surface area contributed by atoms with Crippen LogP contribution in [-0.2, 0) is 14.8 Å². The third kappa shape index (κ3) is 4.73. The molecule has 1 N–H and O–H groups in total. The molecule has 23 heavy (non-hydrogen) atoms. The second-order valence-electron chi connectivity index (χ2n) is 6.13. The molecule has 0 saturated carbocycles. The number of hydrogen-bond donors (Lipinski definition) is 1. The van der Waals surface area contributed by atoms with Crippen molar-refractivity contribution in [2.24, 2.45) is 0 Å². The number of aromatic nitrogens is 1. The van der Waals surface area contributed by atoms with E-state index in [0.29, 0.717) is 38.1 Å². The van der Waals surface area contributed by atoms with Gasteiger partial charge in [-0.1, -0.05) is 0 Å². The van der Waals surface area contributed by atoms with Gasteiger partial charge in [-0.05, 0) is 31.4 Å². The number of nitrogens with zero attached hydrogens (tertiary/aromatic N) is 2. The van der Waals surface area contributed by atoms with Crippen LogP contribution in [0.3, 0.4) is 0 Å². The lowest BCUT2D eigenvalue weighted by Gasteiger charge is -2.29. The van der Waals surface area contributed by atoms with E-state index < -0.39 is 15.6 Å². The summed E-state index contributed by atoms with van der Waals surface area (Å²) in [5, 5.41) is 0. The van der Waals surface area contributed by atoms with Crippen molar-refractivity contribution in [1.82, 2.24) is 14.6 Å². The molecule has 1 aromatic heterocycles. The highest BCUT2D eigenvalue weighted by atomic mass is 32.2. The van der Waals surface area contributed by atoms with Crippen LogP contribution in [-0.4, -0.2) is 62.8 Å². The second-order valence-corrected chi connectivity index (χ2v) is 7.87. The third-order valence-electron chi connectivity index (χ3n) is 3.95. The van der Waals surface area contributed by atoms with Crippen molar-refractivity contribution in [2.45, 2.75) is 25.3 Å². The summed E-state index contributed by atoms with van der Waals surface area (Å²) in [6.45, 7) is 3.13. The summed E-state index contributed by atoms with van der Waals surface area (Å²) in [7, 11) is -1.80. The molecule has 7 nitrogen and oxygen atoms in total. The monoisotopic (exact) mass is 341 g/mol. The molecule has 1 unspecified atom stereocenters. The fourth-order valence-electron chi connectivity index (χ4n) is 2.93. The van der Waals surface area contributed by atoms with Crippen LogP contribution in [0.1, 0.15) is 28.8 Å². The van der Waals surface area contributed by atoms with Gasteiger partial charge in [0, 0.05) is 39.2 Å². The number of ether oxygens (including phenoxy) is 1. The van der Waals surface area contributed by atoms with Gasteiger partial charge in [-0.15, -0.1) is 0 Å². The predicted molar refractivity (Wildman–Crippen MR) is 86.7 cm³/mol. The maximum Gasteiger partial charge on any atom is 0.255 e. The number of sulfonamides is 1. The lowest BCUT2D eigenvalue weighted by atomic mass is 9.96. The Kier molecular flexibility index (Phi) is 5.38. The van der Waals surface area contributed by atoms with Crippen LogP contribution in [0, 0.1) is 6.92 Å². The smallest absolute Gasteiger partial charge is 0.255 e. The van der Waals surface area contributed by atoms with E-state index in [1.807, 2.05) is 6.92 Å². The highest BCUT2D eigenvalue weighted by Crippen LogP contribution is 2.27. The number of likely N-dealkylation sites (tertiary alicyclic amines) is 1. The van der Waals surface area contributed by atoms with E-state index in [9.17, 15) is 13.2 Å². The Balaban J connectivity index is 2.16. The first-order valence-electron chi connectivity index (χ1n) is 7.43. The number of pyridine rings is 1. The molecular weight excluding hydrogens is 318 g/mol. The summed E-state index contributed by atoms with van der Waals surface area (Å²) >= 11 is 0. The van der Waals surface area contributed by atoms with Crippen LogP contribution in [0.5, 0.6) is 0 Å². The van der Waals surface area contributed by atoms with Crippen LogP contribution in [0.4, 0.5) is 0 Å². The molecule has 1 aromatic rings. The summed E-state index contributed by atoms with van der Waals surface area (Å²) in [6, 6.07) is 1.79. The molecule has 0 bridgehead atoms. The van der Waals surface area contributed by atoms with Crippen LogP contribution in [0.15, 0.2) is 18.5 Å². The van der Waals surface area contributed by atoms with Crippen LogP contribution < -0.4 is 4.72 Å². The maximum absolute atomic E-state index is 12.6. The van der Waals surface area contributed by atoms with E-state index in [1.165, 1.54) is 6.20 Å². The Labute approximate surface area is 137 Å². The van der Waals surface area contributed by atoms with Gasteiger partial charge in [0.2, 0.25) is 10.0 Å². The molecule has 2 heterocycles. The zero-order valence-electron chi connectivity index (χ0n) is 13.7. The summed E-state index contributed by atoms with van der Waals surface area (Å²) < 4.78 is 31.2. The SMILES string of the molecule is COCCC1(NS(C)(=O)=O)CCN(C(=O)c2cncc(C)c2)C1. The molecule has 1 saturated heterocycles. The molecule has 1 aliphatic heterocycles. The first kappa shape index (κ1) is 17.8. The van der Waals surface area contributed by atoms with Crippen molar-refractivity contribution in [3.8, 4) is 0 Å². The number of methoxy groups -OCH3 is 1. The molecule has 0 radical (unpaired) electrons. The number of nitrogens with one attached hydrogen (secondary N) is 1. The van der Waals surface area contributed by atoms with Crippen molar-refractivity contribution in [3.05, 3.63) is 29.6 Å². The predicted octanol–water partition coefficient (Wildman–Crippen LogP) is 0.560. The molecule has 1 atom stereocenters. The van der Waals surface area contributed by atoms with E-state index in [4.69, 9.17) is 4.74 Å². The van der Waals surface area contributed by atoms with Crippen molar-refractivity contribution in [3.63, 3.8) is 0 Å². The largest absolute Gasteiger partial charge is 0.385 e. The zero-order valence-corrected chi connectivity index (χ0v) is 14.5. The Hall–Kier alpha value is -1.51. The molecule has 8 heteroatoms. The van der Waals surface area contributed by atoms with Crippen molar-refractivity contribution in [2.75, 3.05) is 33.1 Å². The molecule has 128 valence electrons. The average molecular weight is 341 g/mol. The number of amides is 1. The normalized spacial score (nSPS) is 21.6. The Morgan fingerprint density at radius 2 is 2.22 bits per heavy atom. The fourth-order valence-corrected chi connectivity index (χ4v) is 3.98. The van der Waals surface area contributed by atoms with E-state index in [-0.39, 0.29) is 5.91 Å². The van der Waals surface area contributed by atoms with E-state index in [2.05, 4.69) is 9.71 Å². The van der Waals surface area contributed by atoms with Crippen LogP contribution in [0.2, 0.25) is 0 Å². The minimum Gasteiger partial charge on any atom is -0.385 e.